The molecule has 0 aromatic carbocycles. The fraction of sp³-hybridized carbons (Fsp3) is 0.750. The predicted molar refractivity (Wildman–Crippen MR) is 104 cm³/mol. The minimum absolute atomic E-state index is 0.236. The van der Waals surface area contributed by atoms with Crippen LogP contribution in [0.2, 0.25) is 0 Å². The molecule has 3 heterocycles. The number of carboxylic acids is 1. The maximum Gasteiger partial charge on any atom is 0.490 e. The van der Waals surface area contributed by atoms with Gasteiger partial charge in [-0.05, 0) is 51.0 Å². The van der Waals surface area contributed by atoms with Crippen molar-refractivity contribution in [2.45, 2.75) is 44.3 Å². The topological polar surface area (TPSA) is 78.8 Å². The van der Waals surface area contributed by atoms with Crippen LogP contribution in [-0.2, 0) is 9.53 Å². The average molecular weight is 448 g/mol. The SMILES string of the molecule is CCOCC1CCN(CC2CC2)C2(C1)CN(c1ncc(F)cn1)C2.O=C(O)C(F)(F)F. The number of halogens is 4. The molecular formula is C20H28F4N4O3. The Morgan fingerprint density at radius 3 is 2.35 bits per heavy atom. The van der Waals surface area contributed by atoms with Gasteiger partial charge in [0, 0.05) is 32.8 Å². The lowest BCUT2D eigenvalue weighted by Crippen LogP contribution is -2.73. The minimum atomic E-state index is -5.08. The van der Waals surface area contributed by atoms with Gasteiger partial charge in [0.1, 0.15) is 0 Å². The molecule has 0 radical (unpaired) electrons. The van der Waals surface area contributed by atoms with Gasteiger partial charge < -0.3 is 14.7 Å². The number of nitrogens with zero attached hydrogens (tertiary/aromatic N) is 4. The Bertz CT molecular complexity index is 737. The molecule has 11 heteroatoms. The molecule has 0 bridgehead atoms. The zero-order valence-corrected chi connectivity index (χ0v) is 17.4. The van der Waals surface area contributed by atoms with Crippen LogP contribution in [0.1, 0.15) is 32.6 Å². The summed E-state index contributed by atoms with van der Waals surface area (Å²) in [6.45, 7) is 8.05. The maximum atomic E-state index is 13.0. The highest BCUT2D eigenvalue weighted by molar-refractivity contribution is 5.73. The van der Waals surface area contributed by atoms with Gasteiger partial charge in [0.2, 0.25) is 5.95 Å². The lowest BCUT2D eigenvalue weighted by Gasteiger charge is -2.59. The van der Waals surface area contributed by atoms with Crippen LogP contribution in [0.15, 0.2) is 12.4 Å². The second kappa shape index (κ2) is 9.64. The Hall–Kier alpha value is -2.01. The smallest absolute Gasteiger partial charge is 0.475 e. The number of hydrogen-bond acceptors (Lipinski definition) is 6. The first-order valence-electron chi connectivity index (χ1n) is 10.5. The van der Waals surface area contributed by atoms with Crippen molar-refractivity contribution in [1.82, 2.24) is 14.9 Å². The number of likely N-dealkylation sites (tertiary alicyclic amines) is 1. The van der Waals surface area contributed by atoms with Crippen molar-refractivity contribution in [3.63, 3.8) is 0 Å². The number of piperidine rings is 1. The van der Waals surface area contributed by atoms with Crippen LogP contribution in [0.5, 0.6) is 0 Å². The molecule has 2 aliphatic heterocycles. The van der Waals surface area contributed by atoms with Gasteiger partial charge in [0.15, 0.2) is 5.82 Å². The molecule has 1 aromatic rings. The van der Waals surface area contributed by atoms with Crippen molar-refractivity contribution in [2.75, 3.05) is 44.3 Å². The molecule has 2 saturated heterocycles. The van der Waals surface area contributed by atoms with Crippen LogP contribution >= 0.6 is 0 Å². The normalized spacial score (nSPS) is 23.1. The molecule has 1 saturated carbocycles. The monoisotopic (exact) mass is 448 g/mol. The number of carbonyl (C=O) groups is 1. The largest absolute Gasteiger partial charge is 0.490 e. The Morgan fingerprint density at radius 1 is 1.23 bits per heavy atom. The number of aliphatic carboxylic acids is 1. The molecule has 174 valence electrons. The zero-order valence-electron chi connectivity index (χ0n) is 17.4. The highest BCUT2D eigenvalue weighted by Gasteiger charge is 2.52. The fourth-order valence-electron chi connectivity index (χ4n) is 4.27. The van der Waals surface area contributed by atoms with Crippen LogP contribution in [0.4, 0.5) is 23.5 Å². The summed E-state index contributed by atoms with van der Waals surface area (Å²) in [5.74, 6) is -0.926. The molecule has 1 unspecified atom stereocenters. The van der Waals surface area contributed by atoms with Gasteiger partial charge in [-0.15, -0.1) is 0 Å². The van der Waals surface area contributed by atoms with E-state index >= 15 is 0 Å². The van der Waals surface area contributed by atoms with Crippen LogP contribution in [-0.4, -0.2) is 77.1 Å². The summed E-state index contributed by atoms with van der Waals surface area (Å²) in [6.07, 6.45) is 2.64. The predicted octanol–water partition coefficient (Wildman–Crippen LogP) is 2.97. The first-order valence-corrected chi connectivity index (χ1v) is 10.5. The summed E-state index contributed by atoms with van der Waals surface area (Å²) in [4.78, 5) is 22.1. The van der Waals surface area contributed by atoms with Gasteiger partial charge in [-0.1, -0.05) is 0 Å². The molecule has 4 rings (SSSR count). The first kappa shape index (κ1) is 23.6. The van der Waals surface area contributed by atoms with E-state index < -0.39 is 12.1 Å². The van der Waals surface area contributed by atoms with Crippen LogP contribution in [0, 0.1) is 17.7 Å². The number of anilines is 1. The molecule has 1 spiro atoms. The third-order valence-electron chi connectivity index (χ3n) is 5.98. The molecule has 0 amide bonds. The maximum absolute atomic E-state index is 13.0. The molecular weight excluding hydrogens is 420 g/mol. The fourth-order valence-corrected chi connectivity index (χ4v) is 4.27. The quantitative estimate of drug-likeness (QED) is 0.671. The average Bonchev–Trinajstić information content (AvgIpc) is 3.50. The summed E-state index contributed by atoms with van der Waals surface area (Å²) < 4.78 is 50.5. The Morgan fingerprint density at radius 2 is 1.84 bits per heavy atom. The summed E-state index contributed by atoms with van der Waals surface area (Å²) >= 11 is 0. The van der Waals surface area contributed by atoms with Crippen LogP contribution < -0.4 is 4.90 Å². The molecule has 3 aliphatic rings. The Labute approximate surface area is 178 Å². The third-order valence-corrected chi connectivity index (χ3v) is 5.98. The van der Waals surface area contributed by atoms with E-state index in [1.807, 2.05) is 0 Å². The number of ether oxygens (including phenoxy) is 1. The minimum Gasteiger partial charge on any atom is -0.475 e. The summed E-state index contributed by atoms with van der Waals surface area (Å²) in [5.41, 5.74) is 0.236. The van der Waals surface area contributed by atoms with E-state index in [0.29, 0.717) is 11.9 Å². The van der Waals surface area contributed by atoms with Crippen molar-refractivity contribution in [1.29, 1.82) is 0 Å². The van der Waals surface area contributed by atoms with Crippen molar-refractivity contribution >= 4 is 11.9 Å². The van der Waals surface area contributed by atoms with E-state index in [9.17, 15) is 17.6 Å². The van der Waals surface area contributed by atoms with Gasteiger partial charge in [-0.3, -0.25) is 4.90 Å². The number of carboxylic acid groups (broad SMARTS) is 1. The molecule has 31 heavy (non-hydrogen) atoms. The second-order valence-electron chi connectivity index (χ2n) is 8.49. The molecule has 3 fully saturated rings. The van der Waals surface area contributed by atoms with E-state index in [1.54, 1.807) is 0 Å². The molecule has 1 atom stereocenters. The van der Waals surface area contributed by atoms with Crippen LogP contribution in [0.25, 0.3) is 0 Å². The first-order chi connectivity index (χ1) is 14.6. The van der Waals surface area contributed by atoms with Gasteiger partial charge >= 0.3 is 12.1 Å². The second-order valence-corrected chi connectivity index (χ2v) is 8.49. The van der Waals surface area contributed by atoms with Gasteiger partial charge in [-0.2, -0.15) is 13.2 Å². The summed E-state index contributed by atoms with van der Waals surface area (Å²) in [5, 5.41) is 7.12. The highest BCUT2D eigenvalue weighted by Crippen LogP contribution is 2.43. The van der Waals surface area contributed by atoms with Crippen molar-refractivity contribution in [3.8, 4) is 0 Å². The standard InChI is InChI=1S/C18H27FN4O.C2HF3O2/c1-2-24-11-15-5-6-23(10-14-3-4-14)18(7-15)12-22(13-18)17-20-8-16(19)9-21-17;3-2(4,5)1(6)7/h8-9,14-15H,2-7,10-13H2,1H3;(H,6,7). The van der Waals surface area contributed by atoms with Gasteiger partial charge in [0.25, 0.3) is 0 Å². The third kappa shape index (κ3) is 6.25. The summed E-state index contributed by atoms with van der Waals surface area (Å²) in [6, 6.07) is 0. The number of aromatic nitrogens is 2. The lowest BCUT2D eigenvalue weighted by atomic mass is 9.75. The number of hydrogen-bond donors (Lipinski definition) is 1. The van der Waals surface area contributed by atoms with E-state index in [-0.39, 0.29) is 11.4 Å². The van der Waals surface area contributed by atoms with Crippen molar-refractivity contribution < 1.29 is 32.2 Å². The van der Waals surface area contributed by atoms with E-state index in [1.165, 1.54) is 51.2 Å². The van der Waals surface area contributed by atoms with E-state index in [4.69, 9.17) is 14.6 Å². The summed E-state index contributed by atoms with van der Waals surface area (Å²) in [7, 11) is 0. The van der Waals surface area contributed by atoms with Crippen molar-refractivity contribution in [3.05, 3.63) is 18.2 Å². The van der Waals surface area contributed by atoms with Crippen LogP contribution in [0.3, 0.4) is 0 Å². The van der Waals surface area contributed by atoms with Crippen molar-refractivity contribution in [2.24, 2.45) is 11.8 Å². The Balaban J connectivity index is 0.000000339. The van der Waals surface area contributed by atoms with E-state index in [2.05, 4.69) is 26.7 Å². The Kier molecular flexibility index (Phi) is 7.35. The molecule has 1 aliphatic carbocycles. The molecule has 1 aromatic heterocycles. The molecule has 1 N–H and O–H groups in total. The molecule has 7 nitrogen and oxygen atoms in total. The zero-order chi connectivity index (χ0) is 22.6. The number of alkyl halides is 3. The highest BCUT2D eigenvalue weighted by atomic mass is 19.4. The van der Waals surface area contributed by atoms with Gasteiger partial charge in [-0.25, -0.2) is 19.2 Å². The number of rotatable bonds is 6. The lowest BCUT2D eigenvalue weighted by molar-refractivity contribution is -0.192. The van der Waals surface area contributed by atoms with Gasteiger partial charge in [0.05, 0.1) is 17.9 Å². The van der Waals surface area contributed by atoms with E-state index in [0.717, 1.165) is 32.2 Å².